The Balaban J connectivity index is 3.03. The molecule has 1 aromatic rings. The predicted octanol–water partition coefficient (Wildman–Crippen LogP) is 0.708. The minimum absolute atomic E-state index is 0.0655. The van der Waals surface area contributed by atoms with Crippen molar-refractivity contribution in [3.8, 4) is 0 Å². The highest BCUT2D eigenvalue weighted by atomic mass is 15.6. The van der Waals surface area contributed by atoms with E-state index in [1.165, 1.54) is 0 Å². The van der Waals surface area contributed by atoms with Gasteiger partial charge in [0, 0.05) is 0 Å². The molecule has 1 aromatic heterocycles. The van der Waals surface area contributed by atoms with E-state index in [1.54, 1.807) is 0 Å². The molecule has 0 aromatic carbocycles. The molecule has 0 amide bonds. The standard InChI is InChI=1S/C8H17N5/c1-6(9-5)7-10-11-12-13(7)8(2,3)4/h6,9H,1-5H3. The monoisotopic (exact) mass is 183 g/mol. The third kappa shape index (κ3) is 2.03. The van der Waals surface area contributed by atoms with Gasteiger partial charge >= 0.3 is 0 Å². The number of hydrogen-bond acceptors (Lipinski definition) is 4. The molecule has 1 rings (SSSR count). The Morgan fingerprint density at radius 1 is 1.38 bits per heavy atom. The van der Waals surface area contributed by atoms with Gasteiger partial charge < -0.3 is 5.32 Å². The Bertz CT molecular complexity index is 272. The Kier molecular flexibility index (Phi) is 2.66. The fourth-order valence-corrected chi connectivity index (χ4v) is 1.07. The normalized spacial score (nSPS) is 14.5. The van der Waals surface area contributed by atoms with Crippen molar-refractivity contribution in [2.24, 2.45) is 0 Å². The summed E-state index contributed by atoms with van der Waals surface area (Å²) in [7, 11) is 1.90. The van der Waals surface area contributed by atoms with Crippen molar-refractivity contribution in [1.29, 1.82) is 0 Å². The summed E-state index contributed by atoms with van der Waals surface area (Å²) in [4.78, 5) is 0. The molecule has 5 nitrogen and oxygen atoms in total. The van der Waals surface area contributed by atoms with Crippen molar-refractivity contribution in [1.82, 2.24) is 25.5 Å². The topological polar surface area (TPSA) is 55.6 Å². The fraction of sp³-hybridized carbons (Fsp3) is 0.875. The first-order valence-corrected chi connectivity index (χ1v) is 4.43. The third-order valence-corrected chi connectivity index (χ3v) is 1.95. The number of tetrazole rings is 1. The van der Waals surface area contributed by atoms with Crippen LogP contribution in [0.25, 0.3) is 0 Å². The molecule has 0 bridgehead atoms. The van der Waals surface area contributed by atoms with Crippen LogP contribution in [0.15, 0.2) is 0 Å². The van der Waals surface area contributed by atoms with Crippen LogP contribution in [-0.4, -0.2) is 27.3 Å². The van der Waals surface area contributed by atoms with Gasteiger partial charge in [0.05, 0.1) is 11.6 Å². The van der Waals surface area contributed by atoms with Gasteiger partial charge in [-0.15, -0.1) is 5.10 Å². The molecule has 0 saturated carbocycles. The summed E-state index contributed by atoms with van der Waals surface area (Å²) in [6, 6.07) is 0.175. The zero-order valence-electron chi connectivity index (χ0n) is 8.87. The maximum absolute atomic E-state index is 3.99. The first-order chi connectivity index (χ1) is 5.96. The number of rotatable bonds is 2. The highest BCUT2D eigenvalue weighted by Crippen LogP contribution is 2.17. The minimum Gasteiger partial charge on any atom is -0.311 e. The maximum atomic E-state index is 3.99. The molecule has 1 N–H and O–H groups in total. The second kappa shape index (κ2) is 3.41. The third-order valence-electron chi connectivity index (χ3n) is 1.95. The summed E-state index contributed by atoms with van der Waals surface area (Å²) in [5.74, 6) is 0.870. The van der Waals surface area contributed by atoms with Gasteiger partial charge in [-0.2, -0.15) is 0 Å². The summed E-state index contributed by atoms with van der Waals surface area (Å²) in [5, 5.41) is 14.8. The van der Waals surface area contributed by atoms with Crippen molar-refractivity contribution in [2.45, 2.75) is 39.3 Å². The van der Waals surface area contributed by atoms with E-state index in [1.807, 2.05) is 18.7 Å². The Morgan fingerprint density at radius 3 is 2.46 bits per heavy atom. The zero-order chi connectivity index (χ0) is 10.1. The summed E-state index contributed by atoms with van der Waals surface area (Å²) >= 11 is 0. The van der Waals surface area contributed by atoms with Gasteiger partial charge in [-0.1, -0.05) is 0 Å². The molecule has 0 radical (unpaired) electrons. The first kappa shape index (κ1) is 10.1. The Morgan fingerprint density at radius 2 is 2.00 bits per heavy atom. The molecule has 5 heteroatoms. The van der Waals surface area contributed by atoms with Gasteiger partial charge in [0.25, 0.3) is 0 Å². The van der Waals surface area contributed by atoms with Crippen molar-refractivity contribution in [2.75, 3.05) is 7.05 Å². The lowest BCUT2D eigenvalue weighted by Gasteiger charge is -2.21. The molecule has 0 aliphatic rings. The van der Waals surface area contributed by atoms with Crippen LogP contribution in [0, 0.1) is 0 Å². The quantitative estimate of drug-likeness (QED) is 0.733. The highest BCUT2D eigenvalue weighted by Gasteiger charge is 2.22. The average Bonchev–Trinajstić information content (AvgIpc) is 2.49. The van der Waals surface area contributed by atoms with Crippen LogP contribution in [-0.2, 0) is 5.54 Å². The van der Waals surface area contributed by atoms with E-state index in [0.29, 0.717) is 0 Å². The van der Waals surface area contributed by atoms with Crippen LogP contribution in [0.3, 0.4) is 0 Å². The lowest BCUT2D eigenvalue weighted by atomic mass is 10.1. The lowest BCUT2D eigenvalue weighted by Crippen LogP contribution is -2.29. The Labute approximate surface area is 78.5 Å². The first-order valence-electron chi connectivity index (χ1n) is 4.43. The van der Waals surface area contributed by atoms with E-state index >= 15 is 0 Å². The molecule has 0 spiro atoms. The van der Waals surface area contributed by atoms with Crippen LogP contribution < -0.4 is 5.32 Å². The van der Waals surface area contributed by atoms with Crippen molar-refractivity contribution in [3.63, 3.8) is 0 Å². The van der Waals surface area contributed by atoms with Crippen LogP contribution in [0.1, 0.15) is 39.6 Å². The highest BCUT2D eigenvalue weighted by molar-refractivity contribution is 4.92. The molecule has 0 fully saturated rings. The minimum atomic E-state index is -0.0655. The van der Waals surface area contributed by atoms with Crippen molar-refractivity contribution < 1.29 is 0 Å². The Hall–Kier alpha value is -0.970. The number of aromatic nitrogens is 4. The van der Waals surface area contributed by atoms with Gasteiger partial charge in [-0.25, -0.2) is 4.68 Å². The molecular weight excluding hydrogens is 166 g/mol. The molecular formula is C8H17N5. The van der Waals surface area contributed by atoms with Gasteiger partial charge in [-0.05, 0) is 45.2 Å². The predicted molar refractivity (Wildman–Crippen MR) is 50.3 cm³/mol. The van der Waals surface area contributed by atoms with E-state index in [-0.39, 0.29) is 11.6 Å². The van der Waals surface area contributed by atoms with Crippen molar-refractivity contribution >= 4 is 0 Å². The van der Waals surface area contributed by atoms with Gasteiger partial charge in [-0.3, -0.25) is 0 Å². The SMILES string of the molecule is CNC(C)c1nnnn1C(C)(C)C. The number of hydrogen-bond donors (Lipinski definition) is 1. The zero-order valence-corrected chi connectivity index (χ0v) is 8.87. The molecule has 74 valence electrons. The molecule has 0 saturated heterocycles. The van der Waals surface area contributed by atoms with Gasteiger partial charge in [0.2, 0.25) is 0 Å². The summed E-state index contributed by atoms with van der Waals surface area (Å²) in [6.45, 7) is 8.27. The van der Waals surface area contributed by atoms with E-state index in [9.17, 15) is 0 Å². The average molecular weight is 183 g/mol. The van der Waals surface area contributed by atoms with E-state index < -0.39 is 0 Å². The van der Waals surface area contributed by atoms with Crippen LogP contribution in [0.4, 0.5) is 0 Å². The van der Waals surface area contributed by atoms with Crippen LogP contribution >= 0.6 is 0 Å². The summed E-state index contributed by atoms with van der Waals surface area (Å²) < 4.78 is 1.84. The molecule has 1 atom stereocenters. The molecule has 0 aliphatic carbocycles. The van der Waals surface area contributed by atoms with Gasteiger partial charge in [0.15, 0.2) is 5.82 Å². The second-order valence-electron chi connectivity index (χ2n) is 4.13. The van der Waals surface area contributed by atoms with Crippen LogP contribution in [0.5, 0.6) is 0 Å². The molecule has 0 aliphatic heterocycles. The molecule has 13 heavy (non-hydrogen) atoms. The number of nitrogens with one attached hydrogen (secondary N) is 1. The molecule has 1 unspecified atom stereocenters. The second-order valence-corrected chi connectivity index (χ2v) is 4.13. The van der Waals surface area contributed by atoms with E-state index in [4.69, 9.17) is 0 Å². The van der Waals surface area contributed by atoms with E-state index in [0.717, 1.165) is 5.82 Å². The summed E-state index contributed by atoms with van der Waals surface area (Å²) in [5.41, 5.74) is -0.0655. The fourth-order valence-electron chi connectivity index (χ4n) is 1.07. The summed E-state index contributed by atoms with van der Waals surface area (Å²) in [6.07, 6.45) is 0. The van der Waals surface area contributed by atoms with Crippen LogP contribution in [0.2, 0.25) is 0 Å². The van der Waals surface area contributed by atoms with E-state index in [2.05, 4.69) is 41.6 Å². The smallest absolute Gasteiger partial charge is 0.168 e. The number of nitrogens with zero attached hydrogens (tertiary/aromatic N) is 4. The maximum Gasteiger partial charge on any atom is 0.168 e. The van der Waals surface area contributed by atoms with Gasteiger partial charge in [0.1, 0.15) is 0 Å². The van der Waals surface area contributed by atoms with Crippen molar-refractivity contribution in [3.05, 3.63) is 5.82 Å². The largest absolute Gasteiger partial charge is 0.311 e. The molecule has 1 heterocycles. The lowest BCUT2D eigenvalue weighted by molar-refractivity contribution is 0.324.